The van der Waals surface area contributed by atoms with E-state index in [2.05, 4.69) is 0 Å². The van der Waals surface area contributed by atoms with Gasteiger partial charge in [0.05, 0.1) is 0 Å². The molecule has 0 aromatic heterocycles. The van der Waals surface area contributed by atoms with Gasteiger partial charge in [0.1, 0.15) is 17.8 Å². The predicted octanol–water partition coefficient (Wildman–Crippen LogP) is 3.70. The van der Waals surface area contributed by atoms with Gasteiger partial charge >= 0.3 is 0 Å². The number of hydrogen-bond donors (Lipinski definition) is 0. The van der Waals surface area contributed by atoms with Crippen molar-refractivity contribution < 1.29 is 13.2 Å². The Bertz CT molecular complexity index is 398. The molecule has 0 radical (unpaired) electrons. The first-order valence-corrected chi connectivity index (χ1v) is 6.35. The summed E-state index contributed by atoms with van der Waals surface area (Å²) in [5.41, 5.74) is 0.0910. The molecule has 1 fully saturated rings. The monoisotopic (exact) mass is 257 g/mol. The summed E-state index contributed by atoms with van der Waals surface area (Å²) in [5, 5.41) is 0. The van der Waals surface area contributed by atoms with Crippen LogP contribution in [0.15, 0.2) is 35.5 Å². The topological polar surface area (TPSA) is 3.24 Å². The third-order valence-electron chi connectivity index (χ3n) is 3.54. The first-order valence-electron chi connectivity index (χ1n) is 6.35. The maximum Gasteiger partial charge on any atom is 0.130 e. The van der Waals surface area contributed by atoms with Gasteiger partial charge in [0.2, 0.25) is 0 Å². The first kappa shape index (κ1) is 13.4. The molecule has 2 rings (SSSR count). The van der Waals surface area contributed by atoms with Crippen LogP contribution in [0.1, 0.15) is 19.8 Å². The minimum atomic E-state index is -0.797. The number of alkyl halides is 1. The number of likely N-dealkylation sites (tertiary alicyclic amines) is 1. The van der Waals surface area contributed by atoms with E-state index < -0.39 is 17.8 Å². The Hall–Kier alpha value is -1.03. The van der Waals surface area contributed by atoms with E-state index in [1.807, 2.05) is 11.8 Å². The third-order valence-corrected chi connectivity index (χ3v) is 3.54. The highest BCUT2D eigenvalue weighted by Gasteiger charge is 2.27. The van der Waals surface area contributed by atoms with Crippen LogP contribution >= 0.6 is 0 Å². The molecule has 1 nitrogen and oxygen atoms in total. The van der Waals surface area contributed by atoms with Crippen molar-refractivity contribution >= 4 is 0 Å². The zero-order chi connectivity index (χ0) is 13.1. The van der Waals surface area contributed by atoms with Crippen LogP contribution in [0.5, 0.6) is 0 Å². The summed E-state index contributed by atoms with van der Waals surface area (Å²) in [4.78, 5) is 1.92. The number of hydrogen-bond acceptors (Lipinski definition) is 1. The normalized spacial score (nSPS) is 30.3. The average molecular weight is 257 g/mol. The van der Waals surface area contributed by atoms with Crippen LogP contribution in [0.3, 0.4) is 0 Å². The molecule has 100 valence electrons. The van der Waals surface area contributed by atoms with E-state index >= 15 is 0 Å². The SMILES string of the molecule is CC1CN(CC2=C(F)C=CCC=C2F)CCC1F. The van der Waals surface area contributed by atoms with Gasteiger partial charge in [0, 0.05) is 31.1 Å². The van der Waals surface area contributed by atoms with Crippen molar-refractivity contribution in [2.45, 2.75) is 25.9 Å². The quantitative estimate of drug-likeness (QED) is 0.729. The van der Waals surface area contributed by atoms with E-state index in [0.29, 0.717) is 25.9 Å². The largest absolute Gasteiger partial charge is 0.298 e. The molecule has 2 atom stereocenters. The average Bonchev–Trinajstić information content (AvgIpc) is 2.49. The molecule has 0 amide bonds. The summed E-state index contributed by atoms with van der Waals surface area (Å²) in [6, 6.07) is 0. The van der Waals surface area contributed by atoms with Crippen molar-refractivity contribution in [3.8, 4) is 0 Å². The minimum absolute atomic E-state index is 0.0734. The van der Waals surface area contributed by atoms with Crippen LogP contribution in [-0.4, -0.2) is 30.7 Å². The fourth-order valence-corrected chi connectivity index (χ4v) is 2.40. The Morgan fingerprint density at radius 1 is 1.39 bits per heavy atom. The van der Waals surface area contributed by atoms with Crippen molar-refractivity contribution in [2.24, 2.45) is 5.92 Å². The second kappa shape index (κ2) is 5.74. The van der Waals surface area contributed by atoms with Gasteiger partial charge in [0.15, 0.2) is 0 Å². The lowest BCUT2D eigenvalue weighted by Crippen LogP contribution is -2.41. The molecule has 1 aliphatic carbocycles. The molecular formula is C14H18F3N. The van der Waals surface area contributed by atoms with Crippen LogP contribution in [0.4, 0.5) is 13.2 Å². The smallest absolute Gasteiger partial charge is 0.130 e. The van der Waals surface area contributed by atoms with Crippen LogP contribution in [0.25, 0.3) is 0 Å². The van der Waals surface area contributed by atoms with E-state index in [1.54, 1.807) is 6.08 Å². The Morgan fingerprint density at radius 3 is 2.89 bits per heavy atom. The molecule has 0 bridgehead atoms. The number of rotatable bonds is 2. The van der Waals surface area contributed by atoms with E-state index in [1.165, 1.54) is 12.2 Å². The first-order chi connectivity index (χ1) is 8.58. The highest BCUT2D eigenvalue weighted by atomic mass is 19.1. The van der Waals surface area contributed by atoms with Crippen molar-refractivity contribution in [1.82, 2.24) is 4.90 Å². The summed E-state index contributed by atoms with van der Waals surface area (Å²) in [5.74, 6) is -1.08. The van der Waals surface area contributed by atoms with Crippen molar-refractivity contribution in [1.29, 1.82) is 0 Å². The number of nitrogens with zero attached hydrogens (tertiary/aromatic N) is 1. The lowest BCUT2D eigenvalue weighted by Gasteiger charge is -2.33. The van der Waals surface area contributed by atoms with Gasteiger partial charge in [-0.3, -0.25) is 4.90 Å². The van der Waals surface area contributed by atoms with Crippen LogP contribution in [-0.2, 0) is 0 Å². The molecule has 18 heavy (non-hydrogen) atoms. The van der Waals surface area contributed by atoms with E-state index in [9.17, 15) is 13.2 Å². The summed E-state index contributed by atoms with van der Waals surface area (Å²) in [7, 11) is 0. The second-order valence-corrected chi connectivity index (χ2v) is 5.03. The van der Waals surface area contributed by atoms with Crippen LogP contribution in [0, 0.1) is 5.92 Å². The third kappa shape index (κ3) is 3.05. The summed E-state index contributed by atoms with van der Waals surface area (Å²) in [6.45, 7) is 3.16. The van der Waals surface area contributed by atoms with Crippen molar-refractivity contribution in [3.63, 3.8) is 0 Å². The maximum atomic E-state index is 13.7. The second-order valence-electron chi connectivity index (χ2n) is 5.03. The van der Waals surface area contributed by atoms with Crippen LogP contribution < -0.4 is 0 Å². The lowest BCUT2D eigenvalue weighted by molar-refractivity contribution is 0.104. The summed E-state index contributed by atoms with van der Waals surface area (Å²) < 4.78 is 40.7. The van der Waals surface area contributed by atoms with E-state index in [4.69, 9.17) is 0 Å². The molecule has 0 aromatic rings. The molecule has 0 spiro atoms. The highest BCUT2D eigenvalue weighted by molar-refractivity contribution is 5.37. The van der Waals surface area contributed by atoms with Gasteiger partial charge in [0.25, 0.3) is 0 Å². The summed E-state index contributed by atoms with van der Waals surface area (Å²) in [6.07, 6.45) is 4.34. The van der Waals surface area contributed by atoms with Gasteiger partial charge in [-0.2, -0.15) is 0 Å². The molecule has 1 saturated heterocycles. The predicted molar refractivity (Wildman–Crippen MR) is 66.2 cm³/mol. The molecule has 0 N–H and O–H groups in total. The summed E-state index contributed by atoms with van der Waals surface area (Å²) >= 11 is 0. The zero-order valence-electron chi connectivity index (χ0n) is 10.5. The highest BCUT2D eigenvalue weighted by Crippen LogP contribution is 2.26. The Morgan fingerprint density at radius 2 is 2.17 bits per heavy atom. The molecule has 1 heterocycles. The Kier molecular flexibility index (Phi) is 4.27. The number of allylic oxidation sites excluding steroid dienone is 4. The molecular weight excluding hydrogens is 239 g/mol. The van der Waals surface area contributed by atoms with Crippen LogP contribution in [0.2, 0.25) is 0 Å². The maximum absolute atomic E-state index is 13.7. The molecule has 2 aliphatic rings. The van der Waals surface area contributed by atoms with Crippen molar-refractivity contribution in [2.75, 3.05) is 19.6 Å². The fourth-order valence-electron chi connectivity index (χ4n) is 2.40. The molecule has 0 aromatic carbocycles. The Labute approximate surface area is 106 Å². The van der Waals surface area contributed by atoms with E-state index in [-0.39, 0.29) is 18.0 Å². The van der Waals surface area contributed by atoms with Gasteiger partial charge < -0.3 is 0 Å². The lowest BCUT2D eigenvalue weighted by atomic mass is 9.97. The minimum Gasteiger partial charge on any atom is -0.298 e. The van der Waals surface area contributed by atoms with E-state index in [0.717, 1.165) is 0 Å². The van der Waals surface area contributed by atoms with Gasteiger partial charge in [-0.05, 0) is 25.0 Å². The fraction of sp³-hybridized carbons (Fsp3) is 0.571. The molecule has 0 saturated carbocycles. The van der Waals surface area contributed by atoms with Gasteiger partial charge in [-0.1, -0.05) is 13.0 Å². The Balaban J connectivity index is 2.06. The van der Waals surface area contributed by atoms with Crippen molar-refractivity contribution in [3.05, 3.63) is 35.5 Å². The number of piperidine rings is 1. The molecule has 1 aliphatic heterocycles. The molecule has 4 heteroatoms. The number of halogens is 3. The standard InChI is InChI=1S/C14H18F3N/c1-10-8-18(7-6-12(10)15)9-11-13(16)4-2-3-5-14(11)17/h2,4-5,10,12H,3,6-9H2,1H3. The van der Waals surface area contributed by atoms with Gasteiger partial charge in [-0.15, -0.1) is 0 Å². The van der Waals surface area contributed by atoms with Gasteiger partial charge in [-0.25, -0.2) is 13.2 Å². The zero-order valence-corrected chi connectivity index (χ0v) is 10.5. The molecule has 2 unspecified atom stereocenters.